The lowest BCUT2D eigenvalue weighted by Crippen LogP contribution is -2.47. The number of benzene rings is 1. The molecule has 1 aliphatic heterocycles. The van der Waals surface area contributed by atoms with Gasteiger partial charge in [0.25, 0.3) is 0 Å². The Hall–Kier alpha value is -3.30. The zero-order valence-electron chi connectivity index (χ0n) is 24.7. The molecule has 222 valence electrons. The Kier molecular flexibility index (Phi) is 10.9. The minimum absolute atomic E-state index is 0.00493. The van der Waals surface area contributed by atoms with Gasteiger partial charge in [0.1, 0.15) is 18.1 Å². The maximum atomic E-state index is 12.9. The zero-order valence-corrected chi connectivity index (χ0v) is 24.7. The lowest BCUT2D eigenvalue weighted by molar-refractivity contribution is -0.124. The van der Waals surface area contributed by atoms with Crippen molar-refractivity contribution in [2.45, 2.75) is 103 Å². The summed E-state index contributed by atoms with van der Waals surface area (Å²) in [6, 6.07) is 1.40. The summed E-state index contributed by atoms with van der Waals surface area (Å²) in [5, 5.41) is 6.25. The smallest absolute Gasteiger partial charge is 0.333 e. The minimum Gasteiger partial charge on any atom is -0.342 e. The number of aryl methyl sites for hydroxylation is 2. The summed E-state index contributed by atoms with van der Waals surface area (Å²) in [5.41, 5.74) is 12.2. The molecule has 1 saturated heterocycles. The number of hydrogen-bond donors (Lipinski definition) is 4. The number of hydrazine groups is 1. The second kappa shape index (κ2) is 14.5. The fraction of sp³-hybridized carbons (Fsp3) is 0.562. The van der Waals surface area contributed by atoms with Gasteiger partial charge in [-0.25, -0.2) is 10.2 Å². The molecule has 41 heavy (non-hydrogen) atoms. The highest BCUT2D eigenvalue weighted by Crippen LogP contribution is 2.38. The minimum atomic E-state index is -0.797. The number of urea groups is 1. The van der Waals surface area contributed by atoms with Crippen LogP contribution >= 0.6 is 0 Å². The van der Waals surface area contributed by atoms with E-state index >= 15 is 0 Å². The molecule has 3 atom stereocenters. The SMILES string of the molecule is CCC/C=C(\C=C\C(=O)N(C)CCCCC1NC1C(C)=O)C(C=O)NNC(=O)Nc1c2c(cc3c1CCC3)CCC2. The molecule has 1 heterocycles. The summed E-state index contributed by atoms with van der Waals surface area (Å²) in [7, 11) is 1.76. The molecule has 0 aromatic heterocycles. The fourth-order valence-corrected chi connectivity index (χ4v) is 6.00. The van der Waals surface area contributed by atoms with E-state index in [4.69, 9.17) is 0 Å². The number of likely N-dealkylation sites (N-methyl/N-ethyl adjacent to an activating group) is 1. The van der Waals surface area contributed by atoms with Crippen molar-refractivity contribution in [3.05, 3.63) is 52.1 Å². The van der Waals surface area contributed by atoms with Crippen LogP contribution in [0.15, 0.2) is 29.9 Å². The molecule has 3 amide bonds. The van der Waals surface area contributed by atoms with Gasteiger partial charge in [-0.15, -0.1) is 0 Å². The number of Topliss-reactive ketones (excluding diaryl/α,β-unsaturated/α-hetero) is 1. The van der Waals surface area contributed by atoms with Crippen LogP contribution in [-0.4, -0.2) is 60.6 Å². The van der Waals surface area contributed by atoms with E-state index in [1.54, 1.807) is 24.9 Å². The summed E-state index contributed by atoms with van der Waals surface area (Å²) in [6.07, 6.45) is 16.4. The molecule has 1 aromatic rings. The first-order valence-electron chi connectivity index (χ1n) is 15.2. The number of hydrogen-bond acceptors (Lipinski definition) is 6. The van der Waals surface area contributed by atoms with Crippen molar-refractivity contribution in [1.29, 1.82) is 0 Å². The van der Waals surface area contributed by atoms with Crippen LogP contribution < -0.4 is 21.5 Å². The highest BCUT2D eigenvalue weighted by Gasteiger charge is 2.38. The van der Waals surface area contributed by atoms with E-state index < -0.39 is 12.1 Å². The van der Waals surface area contributed by atoms with Crippen molar-refractivity contribution in [3.63, 3.8) is 0 Å². The van der Waals surface area contributed by atoms with E-state index in [9.17, 15) is 19.2 Å². The lowest BCUT2D eigenvalue weighted by atomic mass is 9.99. The molecule has 9 nitrogen and oxygen atoms in total. The summed E-state index contributed by atoms with van der Waals surface area (Å²) in [6.45, 7) is 4.26. The Balaban J connectivity index is 1.29. The zero-order chi connectivity index (χ0) is 29.4. The van der Waals surface area contributed by atoms with Gasteiger partial charge in [-0.3, -0.25) is 15.0 Å². The van der Waals surface area contributed by atoms with Crippen molar-refractivity contribution < 1.29 is 19.2 Å². The van der Waals surface area contributed by atoms with Gasteiger partial charge < -0.3 is 20.3 Å². The molecular formula is C32H45N5O4. The van der Waals surface area contributed by atoms with Gasteiger partial charge in [0.2, 0.25) is 5.91 Å². The van der Waals surface area contributed by atoms with Crippen molar-refractivity contribution in [2.24, 2.45) is 0 Å². The number of aldehydes is 1. The number of ketones is 1. The standard InChI is InChI=1S/C32H45N5O4/c1-4-5-10-22(16-17-29(40)37(3)18-7-6-15-27-30(33-27)21(2)39)28(20-38)35-36-32(41)34-31-25-13-8-11-23(25)19-24-12-9-14-26(24)31/h10,16-17,19-20,27-28,30,33,35H,4-9,11-15,18H2,1-3H3,(H2,34,36,41)/b17-16+,22-10+. The molecule has 0 saturated carbocycles. The summed E-state index contributed by atoms with van der Waals surface area (Å²) in [4.78, 5) is 50.7. The van der Waals surface area contributed by atoms with Gasteiger partial charge in [-0.2, -0.15) is 0 Å². The second-order valence-corrected chi connectivity index (χ2v) is 11.5. The number of unbranched alkanes of at least 4 members (excludes halogenated alkanes) is 2. The number of nitrogens with one attached hydrogen (secondary N) is 4. The van der Waals surface area contributed by atoms with Gasteiger partial charge in [-0.05, 0) is 92.5 Å². The molecular weight excluding hydrogens is 518 g/mol. The van der Waals surface area contributed by atoms with Crippen LogP contribution in [0.2, 0.25) is 0 Å². The van der Waals surface area contributed by atoms with Crippen molar-refractivity contribution in [1.82, 2.24) is 21.1 Å². The van der Waals surface area contributed by atoms with Crippen LogP contribution in [0.5, 0.6) is 0 Å². The van der Waals surface area contributed by atoms with Crippen molar-refractivity contribution in [2.75, 3.05) is 18.9 Å². The Morgan fingerprint density at radius 3 is 2.39 bits per heavy atom. The number of amides is 3. The normalized spacial score (nSPS) is 19.9. The van der Waals surface area contributed by atoms with Crippen LogP contribution in [0.4, 0.5) is 10.5 Å². The molecule has 2 aliphatic carbocycles. The second-order valence-electron chi connectivity index (χ2n) is 11.5. The molecule has 1 aromatic carbocycles. The van der Waals surface area contributed by atoms with Crippen LogP contribution in [-0.2, 0) is 40.1 Å². The third-order valence-corrected chi connectivity index (χ3v) is 8.39. The van der Waals surface area contributed by atoms with E-state index in [2.05, 4.69) is 27.6 Å². The topological polar surface area (TPSA) is 130 Å². The van der Waals surface area contributed by atoms with E-state index in [1.807, 2.05) is 13.0 Å². The van der Waals surface area contributed by atoms with Gasteiger partial charge in [0.05, 0.1) is 6.04 Å². The third kappa shape index (κ3) is 8.14. The number of rotatable bonds is 15. The molecule has 0 radical (unpaired) electrons. The highest BCUT2D eigenvalue weighted by molar-refractivity contribution is 5.92. The molecule has 4 N–H and O–H groups in total. The first kappa shape index (κ1) is 30.7. The number of nitrogens with zero attached hydrogens (tertiary/aromatic N) is 1. The van der Waals surface area contributed by atoms with E-state index in [0.717, 1.165) is 82.6 Å². The molecule has 3 aliphatic rings. The van der Waals surface area contributed by atoms with Crippen LogP contribution in [0.25, 0.3) is 0 Å². The fourth-order valence-electron chi connectivity index (χ4n) is 6.00. The average Bonchev–Trinajstić information content (AvgIpc) is 3.33. The van der Waals surface area contributed by atoms with Gasteiger partial charge >= 0.3 is 6.03 Å². The van der Waals surface area contributed by atoms with Crippen LogP contribution in [0.3, 0.4) is 0 Å². The Bertz CT molecular complexity index is 1170. The first-order valence-corrected chi connectivity index (χ1v) is 15.2. The highest BCUT2D eigenvalue weighted by atomic mass is 16.2. The van der Waals surface area contributed by atoms with Crippen LogP contribution in [0.1, 0.15) is 81.0 Å². The molecule has 3 unspecified atom stereocenters. The van der Waals surface area contributed by atoms with E-state index in [1.165, 1.54) is 28.3 Å². The lowest BCUT2D eigenvalue weighted by Gasteiger charge is -2.19. The Morgan fingerprint density at radius 2 is 1.78 bits per heavy atom. The average molecular weight is 564 g/mol. The van der Waals surface area contributed by atoms with Crippen molar-refractivity contribution in [3.8, 4) is 0 Å². The van der Waals surface area contributed by atoms with Gasteiger partial charge in [0, 0.05) is 31.4 Å². The van der Waals surface area contributed by atoms with Crippen LogP contribution in [0, 0.1) is 0 Å². The number of fused-ring (bicyclic) bond motifs is 2. The molecule has 4 rings (SSSR count). The Morgan fingerprint density at radius 1 is 1.07 bits per heavy atom. The largest absolute Gasteiger partial charge is 0.342 e. The molecule has 9 heteroatoms. The van der Waals surface area contributed by atoms with E-state index in [0.29, 0.717) is 12.1 Å². The maximum Gasteiger partial charge on any atom is 0.333 e. The number of carbonyl (C=O) groups excluding carboxylic acids is 4. The molecule has 1 fully saturated rings. The summed E-state index contributed by atoms with van der Waals surface area (Å²) >= 11 is 0. The quantitative estimate of drug-likeness (QED) is 0.0643. The van der Waals surface area contributed by atoms with Gasteiger partial charge in [0.15, 0.2) is 0 Å². The first-order chi connectivity index (χ1) is 19.8. The summed E-state index contributed by atoms with van der Waals surface area (Å²) < 4.78 is 0. The number of allylic oxidation sites excluding steroid dienone is 1. The number of anilines is 1. The predicted octanol–water partition coefficient (Wildman–Crippen LogP) is 3.70. The maximum absolute atomic E-state index is 12.9. The monoisotopic (exact) mass is 563 g/mol. The number of carbonyl (C=O) groups is 4. The summed E-state index contributed by atoms with van der Waals surface area (Å²) in [5.74, 6) is 0.0292. The Labute approximate surface area is 243 Å². The molecule has 0 bridgehead atoms. The third-order valence-electron chi connectivity index (χ3n) is 8.39. The molecule has 0 spiro atoms. The van der Waals surface area contributed by atoms with E-state index in [-0.39, 0.29) is 23.8 Å². The van der Waals surface area contributed by atoms with Gasteiger partial charge in [-0.1, -0.05) is 38.0 Å². The predicted molar refractivity (Wildman–Crippen MR) is 161 cm³/mol. The van der Waals surface area contributed by atoms with Crippen molar-refractivity contribution >= 4 is 29.7 Å².